The van der Waals surface area contributed by atoms with E-state index in [0.29, 0.717) is 0 Å². The van der Waals surface area contributed by atoms with Gasteiger partial charge in [0.2, 0.25) is 5.91 Å². The van der Waals surface area contributed by atoms with Crippen LogP contribution in [-0.2, 0) is 4.79 Å². The van der Waals surface area contributed by atoms with E-state index in [-0.39, 0.29) is 17.9 Å². The molecule has 0 spiro atoms. The third kappa shape index (κ3) is 5.72. The highest BCUT2D eigenvalue weighted by Crippen LogP contribution is 2.10. The van der Waals surface area contributed by atoms with E-state index in [1.54, 1.807) is 0 Å². The van der Waals surface area contributed by atoms with Crippen LogP contribution in [0.5, 0.6) is 0 Å². The zero-order valence-corrected chi connectivity index (χ0v) is 10.9. The number of carbonyl (C=O) groups excluding carboxylic acids is 1. The van der Waals surface area contributed by atoms with Crippen molar-refractivity contribution in [3.63, 3.8) is 0 Å². The van der Waals surface area contributed by atoms with Gasteiger partial charge in [-0.15, -0.1) is 0 Å². The van der Waals surface area contributed by atoms with Gasteiger partial charge < -0.3 is 10.2 Å². The highest BCUT2D eigenvalue weighted by atomic mass is 16.1. The van der Waals surface area contributed by atoms with Gasteiger partial charge in [-0.1, -0.05) is 13.8 Å². The van der Waals surface area contributed by atoms with Crippen molar-refractivity contribution in [1.29, 1.82) is 5.26 Å². The number of hydrogen-bond acceptors (Lipinski definition) is 3. The topological polar surface area (TPSA) is 56.1 Å². The van der Waals surface area contributed by atoms with E-state index < -0.39 is 5.92 Å². The van der Waals surface area contributed by atoms with Crippen LogP contribution in [0.15, 0.2) is 0 Å². The largest absolute Gasteiger partial charge is 0.352 e. The Labute approximate surface area is 98.6 Å². The number of nitriles is 1. The van der Waals surface area contributed by atoms with Gasteiger partial charge in [0.25, 0.3) is 0 Å². The Morgan fingerprint density at radius 3 is 2.31 bits per heavy atom. The molecule has 0 radical (unpaired) electrons. The second-order valence-electron chi connectivity index (χ2n) is 4.85. The molecule has 4 nitrogen and oxygen atoms in total. The van der Waals surface area contributed by atoms with Gasteiger partial charge in [-0.25, -0.2) is 0 Å². The zero-order chi connectivity index (χ0) is 12.7. The Hall–Kier alpha value is -1.08. The second kappa shape index (κ2) is 7.24. The molecule has 2 atom stereocenters. The summed E-state index contributed by atoms with van der Waals surface area (Å²) in [7, 11) is 4.00. The van der Waals surface area contributed by atoms with E-state index >= 15 is 0 Å². The first-order valence-corrected chi connectivity index (χ1v) is 5.73. The van der Waals surface area contributed by atoms with Crippen molar-refractivity contribution in [2.45, 2.75) is 33.2 Å². The summed E-state index contributed by atoms with van der Waals surface area (Å²) in [6, 6.07) is 2.16. The van der Waals surface area contributed by atoms with Crippen LogP contribution in [-0.4, -0.2) is 37.5 Å². The third-order valence-electron chi connectivity index (χ3n) is 2.49. The molecule has 1 N–H and O–H groups in total. The summed E-state index contributed by atoms with van der Waals surface area (Å²) < 4.78 is 0. The molecule has 0 rings (SSSR count). The highest BCUT2D eigenvalue weighted by Gasteiger charge is 2.22. The summed E-state index contributed by atoms with van der Waals surface area (Å²) in [6.45, 7) is 6.67. The Morgan fingerprint density at radius 2 is 1.94 bits per heavy atom. The van der Waals surface area contributed by atoms with Gasteiger partial charge in [-0.05, 0) is 39.9 Å². The minimum absolute atomic E-state index is 0.0612. The lowest BCUT2D eigenvalue weighted by Crippen LogP contribution is -2.39. The maximum Gasteiger partial charge on any atom is 0.237 e. The molecular weight excluding hydrogens is 202 g/mol. The minimum atomic E-state index is -0.540. The summed E-state index contributed by atoms with van der Waals surface area (Å²) in [4.78, 5) is 13.8. The van der Waals surface area contributed by atoms with Crippen LogP contribution in [0.1, 0.15) is 27.2 Å². The normalized spacial score (nSPS) is 14.6. The van der Waals surface area contributed by atoms with Crippen molar-refractivity contribution in [2.24, 2.45) is 11.8 Å². The average molecular weight is 225 g/mol. The molecule has 0 heterocycles. The van der Waals surface area contributed by atoms with Crippen molar-refractivity contribution in [1.82, 2.24) is 10.2 Å². The molecule has 0 aliphatic carbocycles. The van der Waals surface area contributed by atoms with Crippen LogP contribution in [0.2, 0.25) is 0 Å². The third-order valence-corrected chi connectivity index (χ3v) is 2.49. The lowest BCUT2D eigenvalue weighted by molar-refractivity contribution is -0.125. The van der Waals surface area contributed by atoms with E-state index in [1.807, 2.05) is 40.9 Å². The van der Waals surface area contributed by atoms with Crippen molar-refractivity contribution >= 4 is 5.91 Å². The minimum Gasteiger partial charge on any atom is -0.352 e. The van der Waals surface area contributed by atoms with Crippen molar-refractivity contribution < 1.29 is 4.79 Å². The number of nitrogens with one attached hydrogen (secondary N) is 1. The van der Waals surface area contributed by atoms with Crippen molar-refractivity contribution in [3.8, 4) is 6.07 Å². The van der Waals surface area contributed by atoms with Gasteiger partial charge in [-0.3, -0.25) is 4.79 Å². The van der Waals surface area contributed by atoms with Gasteiger partial charge >= 0.3 is 0 Å². The van der Waals surface area contributed by atoms with Gasteiger partial charge in [0.1, 0.15) is 5.92 Å². The molecule has 16 heavy (non-hydrogen) atoms. The Bertz CT molecular complexity index is 255. The molecule has 0 saturated heterocycles. The van der Waals surface area contributed by atoms with Gasteiger partial charge in [-0.2, -0.15) is 5.26 Å². The lowest BCUT2D eigenvalue weighted by atomic mass is 9.96. The van der Waals surface area contributed by atoms with E-state index in [4.69, 9.17) is 5.26 Å². The Morgan fingerprint density at radius 1 is 1.38 bits per heavy atom. The molecule has 0 aromatic carbocycles. The summed E-state index contributed by atoms with van der Waals surface area (Å²) in [5.41, 5.74) is 0. The number of amides is 1. The second-order valence-corrected chi connectivity index (χ2v) is 4.85. The molecule has 0 aliphatic heterocycles. The predicted molar refractivity (Wildman–Crippen MR) is 64.7 cm³/mol. The number of hydrogen-bond donors (Lipinski definition) is 1. The summed E-state index contributed by atoms with van der Waals surface area (Å²) in [6.07, 6.45) is 0.898. The first kappa shape index (κ1) is 14.9. The molecule has 0 aromatic rings. The van der Waals surface area contributed by atoms with Crippen LogP contribution in [0.25, 0.3) is 0 Å². The van der Waals surface area contributed by atoms with Crippen LogP contribution in [0.3, 0.4) is 0 Å². The molecule has 0 aromatic heterocycles. The predicted octanol–water partition coefficient (Wildman–Crippen LogP) is 1.24. The fourth-order valence-electron chi connectivity index (χ4n) is 1.37. The van der Waals surface area contributed by atoms with Crippen molar-refractivity contribution in [3.05, 3.63) is 0 Å². The van der Waals surface area contributed by atoms with E-state index in [2.05, 4.69) is 10.2 Å². The lowest BCUT2D eigenvalue weighted by Gasteiger charge is -2.19. The molecule has 0 aliphatic rings. The molecule has 0 bridgehead atoms. The van der Waals surface area contributed by atoms with Crippen molar-refractivity contribution in [2.75, 3.05) is 20.6 Å². The SMILES string of the molecule is CC(CCN(C)C)NC(=O)C(C#N)C(C)C. The van der Waals surface area contributed by atoms with E-state index in [9.17, 15) is 4.79 Å². The summed E-state index contributed by atoms with van der Waals surface area (Å²) in [5.74, 6) is -0.628. The van der Waals surface area contributed by atoms with Crippen LogP contribution in [0.4, 0.5) is 0 Å². The monoisotopic (exact) mass is 225 g/mol. The number of carbonyl (C=O) groups is 1. The maximum atomic E-state index is 11.7. The fourth-order valence-corrected chi connectivity index (χ4v) is 1.37. The smallest absolute Gasteiger partial charge is 0.237 e. The van der Waals surface area contributed by atoms with E-state index in [0.717, 1.165) is 13.0 Å². The summed E-state index contributed by atoms with van der Waals surface area (Å²) >= 11 is 0. The molecule has 2 unspecified atom stereocenters. The van der Waals surface area contributed by atoms with Crippen LogP contribution in [0, 0.1) is 23.2 Å². The molecular formula is C12H23N3O. The quantitative estimate of drug-likeness (QED) is 0.740. The van der Waals surface area contributed by atoms with Crippen LogP contribution < -0.4 is 5.32 Å². The molecule has 0 saturated carbocycles. The van der Waals surface area contributed by atoms with Crippen LogP contribution >= 0.6 is 0 Å². The average Bonchev–Trinajstić information content (AvgIpc) is 2.15. The molecule has 0 fully saturated rings. The van der Waals surface area contributed by atoms with Gasteiger partial charge in [0.15, 0.2) is 0 Å². The zero-order valence-electron chi connectivity index (χ0n) is 10.9. The fraction of sp³-hybridized carbons (Fsp3) is 0.833. The molecule has 1 amide bonds. The Balaban J connectivity index is 4.08. The Kier molecular flexibility index (Phi) is 6.75. The first-order valence-electron chi connectivity index (χ1n) is 5.73. The van der Waals surface area contributed by atoms with Gasteiger partial charge in [0.05, 0.1) is 6.07 Å². The van der Waals surface area contributed by atoms with E-state index in [1.165, 1.54) is 0 Å². The number of nitrogens with zero attached hydrogens (tertiary/aromatic N) is 2. The molecule has 4 heteroatoms. The standard InChI is InChI=1S/C12H23N3O/c1-9(2)11(8-13)12(16)14-10(3)6-7-15(4)5/h9-11H,6-7H2,1-5H3,(H,14,16). The number of rotatable bonds is 6. The molecule has 92 valence electrons. The van der Waals surface area contributed by atoms with Gasteiger partial charge in [0, 0.05) is 6.04 Å². The highest BCUT2D eigenvalue weighted by molar-refractivity contribution is 5.81. The first-order chi connectivity index (χ1) is 7.38. The summed E-state index contributed by atoms with van der Waals surface area (Å²) in [5, 5.41) is 11.8. The maximum absolute atomic E-state index is 11.7.